The minimum Gasteiger partial charge on any atom is -0.457 e. The van der Waals surface area contributed by atoms with Crippen LogP contribution in [0.15, 0.2) is 77.8 Å². The van der Waals surface area contributed by atoms with Gasteiger partial charge in [0.1, 0.15) is 16.7 Å². The lowest BCUT2D eigenvalue weighted by atomic mass is 9.97. The number of carbonyl (C=O) groups excluding carboxylic acids is 2. The first-order valence-electron chi connectivity index (χ1n) is 12.3. The van der Waals surface area contributed by atoms with Gasteiger partial charge in [0.2, 0.25) is 10.0 Å². The number of nitrogens with two attached hydrogens (primary N) is 1. The first kappa shape index (κ1) is 26.5. The van der Waals surface area contributed by atoms with E-state index in [9.17, 15) is 22.4 Å². The highest BCUT2D eigenvalue weighted by Crippen LogP contribution is 2.40. The molecule has 2 heterocycles. The van der Waals surface area contributed by atoms with Crippen molar-refractivity contribution in [2.24, 2.45) is 10.7 Å². The van der Waals surface area contributed by atoms with Crippen molar-refractivity contribution in [3.8, 4) is 0 Å². The van der Waals surface area contributed by atoms with Crippen LogP contribution in [0.4, 0.5) is 10.1 Å². The number of benzene rings is 3. The summed E-state index contributed by atoms with van der Waals surface area (Å²) in [5, 5.41) is -1.15. The number of hydrogen-bond acceptors (Lipinski definition) is 7. The molecule has 1 saturated heterocycles. The van der Waals surface area contributed by atoms with Crippen molar-refractivity contribution in [3.63, 3.8) is 0 Å². The topological polar surface area (TPSA) is 131 Å². The zero-order valence-electron chi connectivity index (χ0n) is 21.3. The molecule has 0 aliphatic carbocycles. The fourth-order valence-electron chi connectivity index (χ4n) is 5.07. The molecule has 2 amide bonds. The molecule has 1 unspecified atom stereocenters. The Hall–Kier alpha value is -4.09. The van der Waals surface area contributed by atoms with Crippen LogP contribution in [0, 0.1) is 5.82 Å². The number of sulfonamides is 1. The first-order valence-corrected chi connectivity index (χ1v) is 13.9. The average molecular weight is 551 g/mol. The number of nitrogens with one attached hydrogen (secondary N) is 1. The second kappa shape index (κ2) is 9.90. The predicted molar refractivity (Wildman–Crippen MR) is 144 cm³/mol. The number of nitrogens with zero attached hydrogens (tertiary/aromatic N) is 2. The summed E-state index contributed by atoms with van der Waals surface area (Å²) in [4.78, 5) is 31.1. The summed E-state index contributed by atoms with van der Waals surface area (Å²) in [6.07, 6.45) is 0.276. The number of fused-ring (bicyclic) bond motifs is 1. The van der Waals surface area contributed by atoms with Gasteiger partial charge < -0.3 is 10.5 Å². The third-order valence-corrected chi connectivity index (χ3v) is 8.68. The van der Waals surface area contributed by atoms with Crippen LogP contribution in [0.1, 0.15) is 63.4 Å². The largest absolute Gasteiger partial charge is 0.457 e. The SMILES string of the molecule is CC1(C)OC(=N[C@@H](CCN)c2ccccc2F)NS(=O)(=O)C1c1ccc(N2C(=O)c3ccccc3C2=O)cc1. The molecule has 3 aromatic rings. The highest BCUT2D eigenvalue weighted by molar-refractivity contribution is 7.90. The Bertz CT molecular complexity index is 1550. The first-order chi connectivity index (χ1) is 18.5. The third kappa shape index (κ3) is 4.79. The lowest BCUT2D eigenvalue weighted by Crippen LogP contribution is -2.53. The number of carbonyl (C=O) groups is 2. The van der Waals surface area contributed by atoms with E-state index in [1.807, 2.05) is 0 Å². The lowest BCUT2D eigenvalue weighted by molar-refractivity contribution is 0.0759. The van der Waals surface area contributed by atoms with Gasteiger partial charge in [-0.15, -0.1) is 0 Å². The number of amidine groups is 1. The molecule has 2 aliphatic heterocycles. The maximum Gasteiger partial charge on any atom is 0.299 e. The highest BCUT2D eigenvalue weighted by atomic mass is 32.2. The Morgan fingerprint density at radius 1 is 1.00 bits per heavy atom. The minimum absolute atomic E-state index is 0.202. The highest BCUT2D eigenvalue weighted by Gasteiger charge is 2.48. The van der Waals surface area contributed by atoms with Gasteiger partial charge in [-0.05, 0) is 62.7 Å². The van der Waals surface area contributed by atoms with Crippen LogP contribution in [0.5, 0.6) is 0 Å². The molecule has 3 N–H and O–H groups in total. The van der Waals surface area contributed by atoms with E-state index in [4.69, 9.17) is 10.5 Å². The standard InChI is InChI=1S/C28H27FN4O5S/c1-28(2)24(17-11-13-18(14-12-17)33-25(34)19-7-3-4-8-20(19)26(33)35)39(36,37)32-27(38-28)31-23(15-16-30)21-9-5-6-10-22(21)29/h3-14,23-24H,15-16,30H2,1-2H3,(H,31,32)/t23-,24?/m0/s1. The van der Waals surface area contributed by atoms with E-state index in [0.29, 0.717) is 22.4 Å². The van der Waals surface area contributed by atoms with E-state index < -0.39 is 44.5 Å². The van der Waals surface area contributed by atoms with Gasteiger partial charge in [-0.25, -0.2) is 27.4 Å². The predicted octanol–water partition coefficient (Wildman–Crippen LogP) is 3.84. The van der Waals surface area contributed by atoms with Crippen molar-refractivity contribution >= 4 is 33.5 Å². The smallest absolute Gasteiger partial charge is 0.299 e. The molecule has 2 aliphatic rings. The van der Waals surface area contributed by atoms with Crippen molar-refractivity contribution in [3.05, 3.63) is 101 Å². The zero-order chi connectivity index (χ0) is 27.9. The molecule has 0 aromatic heterocycles. The summed E-state index contributed by atoms with van der Waals surface area (Å²) >= 11 is 0. The van der Waals surface area contributed by atoms with Crippen molar-refractivity contribution in [1.82, 2.24) is 4.72 Å². The second-order valence-electron chi connectivity index (χ2n) is 9.86. The molecule has 11 heteroatoms. The molecule has 0 spiro atoms. The number of rotatable bonds is 6. The maximum absolute atomic E-state index is 14.4. The molecule has 39 heavy (non-hydrogen) atoms. The normalized spacial score (nSPS) is 21.3. The summed E-state index contributed by atoms with van der Waals surface area (Å²) in [5.74, 6) is -1.36. The van der Waals surface area contributed by atoms with Crippen molar-refractivity contribution in [1.29, 1.82) is 0 Å². The molecule has 0 saturated carbocycles. The molecule has 0 radical (unpaired) electrons. The Balaban J connectivity index is 1.42. The number of hydrogen-bond donors (Lipinski definition) is 2. The van der Waals surface area contributed by atoms with Crippen LogP contribution in [0.25, 0.3) is 0 Å². The van der Waals surface area contributed by atoms with E-state index >= 15 is 0 Å². The second-order valence-corrected chi connectivity index (χ2v) is 11.6. The summed E-state index contributed by atoms with van der Waals surface area (Å²) < 4.78 is 49.7. The van der Waals surface area contributed by atoms with Crippen LogP contribution in [-0.4, -0.2) is 38.4 Å². The number of halogens is 1. The number of ether oxygens (including phenoxy) is 1. The Kier molecular flexibility index (Phi) is 6.73. The number of imide groups is 1. The van der Waals surface area contributed by atoms with E-state index in [1.165, 1.54) is 18.2 Å². The monoisotopic (exact) mass is 550 g/mol. The van der Waals surface area contributed by atoms with Crippen molar-refractivity contribution < 1.29 is 27.1 Å². The Labute approximate surface area is 225 Å². The average Bonchev–Trinajstić information content (AvgIpc) is 3.13. The fraction of sp³-hybridized carbons (Fsp3) is 0.250. The molecular formula is C28H27FN4O5S. The van der Waals surface area contributed by atoms with Crippen LogP contribution in [0.2, 0.25) is 0 Å². The van der Waals surface area contributed by atoms with Gasteiger partial charge in [-0.1, -0.05) is 42.5 Å². The van der Waals surface area contributed by atoms with Crippen LogP contribution in [0.3, 0.4) is 0 Å². The van der Waals surface area contributed by atoms with Gasteiger partial charge in [0.25, 0.3) is 17.8 Å². The minimum atomic E-state index is -4.06. The summed E-state index contributed by atoms with van der Waals surface area (Å²) in [6.45, 7) is 3.43. The lowest BCUT2D eigenvalue weighted by Gasteiger charge is -2.39. The van der Waals surface area contributed by atoms with E-state index in [-0.39, 0.29) is 24.6 Å². The van der Waals surface area contributed by atoms with Crippen molar-refractivity contribution in [2.45, 2.75) is 37.2 Å². The summed E-state index contributed by atoms with van der Waals surface area (Å²) in [7, 11) is -4.06. The van der Waals surface area contributed by atoms with Gasteiger partial charge in [0, 0.05) is 5.56 Å². The zero-order valence-corrected chi connectivity index (χ0v) is 22.1. The molecular weight excluding hydrogens is 523 g/mol. The number of amides is 2. The summed E-state index contributed by atoms with van der Waals surface area (Å²) in [6, 6.07) is 17.8. The van der Waals surface area contributed by atoms with Crippen LogP contribution >= 0.6 is 0 Å². The van der Waals surface area contributed by atoms with Gasteiger partial charge >= 0.3 is 0 Å². The van der Waals surface area contributed by atoms with Crippen molar-refractivity contribution in [2.75, 3.05) is 11.4 Å². The van der Waals surface area contributed by atoms with Crippen LogP contribution in [-0.2, 0) is 14.8 Å². The molecule has 202 valence electrons. The molecule has 0 bridgehead atoms. The Morgan fingerprint density at radius 3 is 2.15 bits per heavy atom. The van der Waals surface area contributed by atoms with E-state index in [2.05, 4.69) is 9.71 Å². The van der Waals surface area contributed by atoms with Crippen LogP contribution < -0.4 is 15.4 Å². The maximum atomic E-state index is 14.4. The fourth-order valence-corrected chi connectivity index (χ4v) is 6.83. The molecule has 1 fully saturated rings. The molecule has 9 nitrogen and oxygen atoms in total. The Morgan fingerprint density at radius 2 is 1.59 bits per heavy atom. The molecule has 2 atom stereocenters. The number of anilines is 1. The summed E-state index contributed by atoms with van der Waals surface area (Å²) in [5.41, 5.74) is 6.05. The quantitative estimate of drug-likeness (QED) is 0.449. The van der Waals surface area contributed by atoms with Gasteiger partial charge in [0.05, 0.1) is 22.9 Å². The number of aliphatic imine (C=N–C) groups is 1. The van der Waals surface area contributed by atoms with E-state index in [1.54, 1.807) is 68.4 Å². The van der Waals surface area contributed by atoms with Gasteiger partial charge in [-0.2, -0.15) is 0 Å². The van der Waals surface area contributed by atoms with Gasteiger partial charge in [-0.3, -0.25) is 9.59 Å². The van der Waals surface area contributed by atoms with E-state index in [0.717, 1.165) is 4.90 Å². The van der Waals surface area contributed by atoms with Gasteiger partial charge in [0.15, 0.2) is 0 Å². The molecule has 3 aromatic carbocycles. The third-order valence-electron chi connectivity index (χ3n) is 6.76. The molecule has 5 rings (SSSR count).